The van der Waals surface area contributed by atoms with Gasteiger partial charge in [0.15, 0.2) is 0 Å². The van der Waals surface area contributed by atoms with E-state index in [2.05, 4.69) is 4.98 Å². The first-order valence-corrected chi connectivity index (χ1v) is 6.40. The summed E-state index contributed by atoms with van der Waals surface area (Å²) >= 11 is 6.00. The van der Waals surface area contributed by atoms with Gasteiger partial charge in [-0.2, -0.15) is 5.26 Å². The molecule has 0 bridgehead atoms. The van der Waals surface area contributed by atoms with Crippen LogP contribution in [-0.4, -0.2) is 35.9 Å². The Balaban J connectivity index is 2.13. The van der Waals surface area contributed by atoms with Gasteiger partial charge in [-0.25, -0.2) is 9.78 Å². The van der Waals surface area contributed by atoms with Gasteiger partial charge in [0.25, 0.3) is 0 Å². The van der Waals surface area contributed by atoms with Gasteiger partial charge >= 0.3 is 5.97 Å². The summed E-state index contributed by atoms with van der Waals surface area (Å²) in [5, 5.41) is 19.4. The Kier molecular flexibility index (Phi) is 4.93. The molecule has 0 saturated carbocycles. The molecule has 2 rings (SSSR count). The summed E-state index contributed by atoms with van der Waals surface area (Å²) in [5.74, 6) is -0.685. The van der Waals surface area contributed by atoms with Crippen molar-refractivity contribution in [2.45, 2.75) is 0 Å². The van der Waals surface area contributed by atoms with Crippen LogP contribution in [0, 0.1) is 11.3 Å². The summed E-state index contributed by atoms with van der Waals surface area (Å²) in [4.78, 5) is 14.3. The number of aromatic nitrogens is 1. The minimum absolute atomic E-state index is 0.107. The predicted octanol–water partition coefficient (Wildman–Crippen LogP) is 2.24. The summed E-state index contributed by atoms with van der Waals surface area (Å²) in [6, 6.07) is 7.10. The number of pyridine rings is 1. The molecule has 0 aliphatic rings. The fourth-order valence-corrected chi connectivity index (χ4v) is 1.96. The number of nitrogens with zero attached hydrogens (tertiary/aromatic N) is 2. The van der Waals surface area contributed by atoms with Crippen molar-refractivity contribution < 1.29 is 19.4 Å². The number of ether oxygens (including phenoxy) is 2. The van der Waals surface area contributed by atoms with Crippen LogP contribution >= 0.6 is 11.6 Å². The lowest BCUT2D eigenvalue weighted by molar-refractivity contribution is -0.142. The number of rotatable bonds is 6. The normalized spacial score (nSPS) is 10.3. The van der Waals surface area contributed by atoms with E-state index in [4.69, 9.17) is 31.4 Å². The van der Waals surface area contributed by atoms with E-state index in [1.54, 1.807) is 24.4 Å². The minimum atomic E-state index is -1.05. The molecule has 1 heterocycles. The van der Waals surface area contributed by atoms with Gasteiger partial charge in [0.05, 0.1) is 12.2 Å². The molecule has 108 valence electrons. The molecule has 2 aromatic rings. The maximum absolute atomic E-state index is 10.3. The summed E-state index contributed by atoms with van der Waals surface area (Å²) in [5.41, 5.74) is 0.364. The Morgan fingerprint density at radius 2 is 2.24 bits per heavy atom. The van der Waals surface area contributed by atoms with Crippen LogP contribution in [0.15, 0.2) is 24.4 Å². The largest absolute Gasteiger partial charge is 0.490 e. The second-order valence-corrected chi connectivity index (χ2v) is 4.44. The second-order valence-electron chi connectivity index (χ2n) is 4.08. The van der Waals surface area contributed by atoms with Crippen molar-refractivity contribution in [1.82, 2.24) is 4.98 Å². The molecule has 0 aliphatic carbocycles. The number of fused-ring (bicyclic) bond motifs is 1. The Labute approximate surface area is 125 Å². The molecule has 1 aromatic carbocycles. The van der Waals surface area contributed by atoms with Crippen molar-refractivity contribution in [2.75, 3.05) is 19.8 Å². The van der Waals surface area contributed by atoms with Crippen molar-refractivity contribution in [3.63, 3.8) is 0 Å². The van der Waals surface area contributed by atoms with Crippen LogP contribution < -0.4 is 4.74 Å². The van der Waals surface area contributed by atoms with E-state index in [1.807, 2.05) is 6.07 Å². The quantitative estimate of drug-likeness (QED) is 0.650. The number of aliphatic carboxylic acids is 1. The molecule has 7 heteroatoms. The maximum atomic E-state index is 10.3. The average Bonchev–Trinajstić information content (AvgIpc) is 2.46. The smallest absolute Gasteiger partial charge is 0.329 e. The van der Waals surface area contributed by atoms with Crippen molar-refractivity contribution in [3.8, 4) is 11.8 Å². The van der Waals surface area contributed by atoms with Crippen molar-refractivity contribution in [3.05, 3.63) is 35.1 Å². The van der Waals surface area contributed by atoms with Crippen LogP contribution in [-0.2, 0) is 9.53 Å². The molecule has 0 radical (unpaired) electrons. The van der Waals surface area contributed by atoms with Gasteiger partial charge < -0.3 is 14.6 Å². The number of hydrogen-bond acceptors (Lipinski definition) is 5. The summed E-state index contributed by atoms with van der Waals surface area (Å²) in [6.45, 7) is -0.150. The van der Waals surface area contributed by atoms with Gasteiger partial charge in [-0.05, 0) is 23.6 Å². The lowest BCUT2D eigenvalue weighted by Crippen LogP contribution is -2.13. The van der Waals surface area contributed by atoms with Crippen molar-refractivity contribution in [2.24, 2.45) is 0 Å². The first-order chi connectivity index (χ1) is 10.1. The van der Waals surface area contributed by atoms with Crippen LogP contribution in [0.5, 0.6) is 5.75 Å². The molecule has 0 saturated heterocycles. The zero-order valence-corrected chi connectivity index (χ0v) is 11.6. The number of carboxylic acid groups (broad SMARTS) is 1. The molecular formula is C14H11ClN2O4. The molecule has 21 heavy (non-hydrogen) atoms. The van der Waals surface area contributed by atoms with Crippen LogP contribution in [0.4, 0.5) is 0 Å². The third-order valence-electron chi connectivity index (χ3n) is 2.65. The van der Waals surface area contributed by atoms with Gasteiger partial charge in [0.2, 0.25) is 0 Å². The molecule has 1 aromatic heterocycles. The molecule has 6 nitrogen and oxygen atoms in total. The van der Waals surface area contributed by atoms with Crippen molar-refractivity contribution in [1.29, 1.82) is 5.26 Å². The van der Waals surface area contributed by atoms with Gasteiger partial charge in [0, 0.05) is 11.6 Å². The van der Waals surface area contributed by atoms with Crippen LogP contribution in [0.3, 0.4) is 0 Å². The van der Waals surface area contributed by atoms with Crippen molar-refractivity contribution >= 4 is 28.3 Å². The summed E-state index contributed by atoms with van der Waals surface area (Å²) in [6.07, 6.45) is 1.56. The molecule has 0 unspecified atom stereocenters. The number of hydrogen-bond donors (Lipinski definition) is 1. The highest BCUT2D eigenvalue weighted by atomic mass is 35.5. The van der Waals surface area contributed by atoms with Gasteiger partial charge in [-0.15, -0.1) is 0 Å². The summed E-state index contributed by atoms with van der Waals surface area (Å²) in [7, 11) is 0. The molecule has 0 amide bonds. The number of halogens is 1. The lowest BCUT2D eigenvalue weighted by Gasteiger charge is -2.09. The number of nitriles is 1. The third-order valence-corrected chi connectivity index (χ3v) is 2.95. The molecule has 0 aliphatic heterocycles. The highest BCUT2D eigenvalue weighted by Crippen LogP contribution is 2.29. The Hall–Kier alpha value is -2.36. The Morgan fingerprint density at radius 3 is 2.95 bits per heavy atom. The highest BCUT2D eigenvalue weighted by molar-refractivity contribution is 6.34. The SMILES string of the molecule is N#Cc1cc2ccnc(Cl)c2cc1OCCOCC(=O)O. The van der Waals surface area contributed by atoms with E-state index in [0.29, 0.717) is 21.9 Å². The van der Waals surface area contributed by atoms with Gasteiger partial charge in [0.1, 0.15) is 30.2 Å². The van der Waals surface area contributed by atoms with E-state index in [-0.39, 0.29) is 19.8 Å². The number of carbonyl (C=O) groups is 1. The van der Waals surface area contributed by atoms with E-state index in [1.165, 1.54) is 0 Å². The van der Waals surface area contributed by atoms with Gasteiger partial charge in [-0.3, -0.25) is 0 Å². The zero-order valence-electron chi connectivity index (χ0n) is 10.9. The maximum Gasteiger partial charge on any atom is 0.329 e. The van der Waals surface area contributed by atoms with Crippen LogP contribution in [0.1, 0.15) is 5.56 Å². The fourth-order valence-electron chi connectivity index (χ4n) is 1.74. The third kappa shape index (κ3) is 3.81. The second kappa shape index (κ2) is 6.88. The molecular weight excluding hydrogens is 296 g/mol. The first kappa shape index (κ1) is 15.0. The van der Waals surface area contributed by atoms with Crippen LogP contribution in [0.25, 0.3) is 10.8 Å². The standard InChI is InChI=1S/C14H11ClN2O4/c15-14-11-6-12(21-4-3-20-8-13(18)19)10(7-16)5-9(11)1-2-17-14/h1-2,5-6H,3-4,8H2,(H,18,19). The predicted molar refractivity (Wildman–Crippen MR) is 75.4 cm³/mol. The fraction of sp³-hybridized carbons (Fsp3) is 0.214. The lowest BCUT2D eigenvalue weighted by atomic mass is 10.1. The van der Waals surface area contributed by atoms with E-state index in [0.717, 1.165) is 5.39 Å². The Bertz CT molecular complexity index is 712. The summed E-state index contributed by atoms with van der Waals surface area (Å²) < 4.78 is 10.3. The van der Waals surface area contributed by atoms with Gasteiger partial charge in [-0.1, -0.05) is 11.6 Å². The van der Waals surface area contributed by atoms with Crippen LogP contribution in [0.2, 0.25) is 5.15 Å². The molecule has 1 N–H and O–H groups in total. The number of benzene rings is 1. The minimum Gasteiger partial charge on any atom is -0.490 e. The average molecular weight is 307 g/mol. The van der Waals surface area contributed by atoms with E-state index < -0.39 is 5.97 Å². The van der Waals surface area contributed by atoms with E-state index in [9.17, 15) is 4.79 Å². The molecule has 0 fully saturated rings. The number of carboxylic acids is 1. The monoisotopic (exact) mass is 306 g/mol. The first-order valence-electron chi connectivity index (χ1n) is 6.02. The highest BCUT2D eigenvalue weighted by Gasteiger charge is 2.09. The van der Waals surface area contributed by atoms with E-state index >= 15 is 0 Å². The topological polar surface area (TPSA) is 92.4 Å². The Morgan fingerprint density at radius 1 is 1.43 bits per heavy atom. The molecule has 0 atom stereocenters. The zero-order chi connectivity index (χ0) is 15.2. The molecule has 0 spiro atoms.